The Hall–Kier alpha value is -1.68. The van der Waals surface area contributed by atoms with Gasteiger partial charge in [0.1, 0.15) is 12.2 Å². The summed E-state index contributed by atoms with van der Waals surface area (Å²) in [6.45, 7) is 4.79. The Morgan fingerprint density at radius 3 is 2.44 bits per heavy atom. The van der Waals surface area contributed by atoms with Gasteiger partial charge >= 0.3 is 0 Å². The third kappa shape index (κ3) is 6.46. The first kappa shape index (κ1) is 21.6. The second-order valence-electron chi connectivity index (χ2n) is 6.68. The number of hydrogen-bond donors (Lipinski definition) is 2. The maximum atomic E-state index is 4.30. The van der Waals surface area contributed by atoms with Crippen molar-refractivity contribution in [3.63, 3.8) is 0 Å². The Morgan fingerprint density at radius 1 is 1.07 bits per heavy atom. The van der Waals surface area contributed by atoms with E-state index in [2.05, 4.69) is 54.9 Å². The molecule has 3 rings (SSSR count). The highest BCUT2D eigenvalue weighted by atomic mass is 127. The molecule has 1 saturated heterocycles. The minimum Gasteiger partial charge on any atom is -0.352 e. The van der Waals surface area contributed by atoms with E-state index in [1.54, 1.807) is 18.1 Å². The van der Waals surface area contributed by atoms with Crippen LogP contribution in [0.25, 0.3) is 0 Å². The number of aryl methyl sites for hydroxylation is 1. The molecular formula is C19H30IN7. The Morgan fingerprint density at radius 2 is 1.78 bits per heavy atom. The summed E-state index contributed by atoms with van der Waals surface area (Å²) in [5.74, 6) is 1.64. The van der Waals surface area contributed by atoms with Gasteiger partial charge in [0.25, 0.3) is 0 Å². The Bertz CT molecular complexity index is 722. The Kier molecular flexibility index (Phi) is 8.99. The van der Waals surface area contributed by atoms with Gasteiger partial charge in [-0.2, -0.15) is 5.10 Å². The number of likely N-dealkylation sites (tertiary alicyclic amines) is 1. The van der Waals surface area contributed by atoms with Gasteiger partial charge in [0, 0.05) is 27.2 Å². The number of aromatic nitrogens is 3. The fraction of sp³-hybridized carbons (Fsp3) is 0.526. The minimum absolute atomic E-state index is 0. The molecule has 1 aliphatic rings. The van der Waals surface area contributed by atoms with Gasteiger partial charge in [-0.15, -0.1) is 24.0 Å². The molecular weight excluding hydrogens is 453 g/mol. The van der Waals surface area contributed by atoms with Gasteiger partial charge in [-0.1, -0.05) is 30.7 Å². The van der Waals surface area contributed by atoms with E-state index in [-0.39, 0.29) is 24.0 Å². The number of nitrogens with zero attached hydrogens (tertiary/aromatic N) is 5. The van der Waals surface area contributed by atoms with Gasteiger partial charge in [0.15, 0.2) is 5.96 Å². The smallest absolute Gasteiger partial charge is 0.191 e. The lowest BCUT2D eigenvalue weighted by Gasteiger charge is -2.27. The van der Waals surface area contributed by atoms with Gasteiger partial charge in [-0.3, -0.25) is 14.6 Å². The fourth-order valence-corrected chi connectivity index (χ4v) is 3.29. The van der Waals surface area contributed by atoms with Crippen LogP contribution < -0.4 is 10.6 Å². The summed E-state index contributed by atoms with van der Waals surface area (Å²) in [4.78, 5) is 11.1. The summed E-state index contributed by atoms with van der Waals surface area (Å²) in [6, 6.07) is 8.67. The van der Waals surface area contributed by atoms with Crippen LogP contribution in [-0.2, 0) is 26.7 Å². The van der Waals surface area contributed by atoms with Crippen molar-refractivity contribution in [2.45, 2.75) is 38.9 Å². The summed E-state index contributed by atoms with van der Waals surface area (Å²) in [5.41, 5.74) is 2.71. The Labute approximate surface area is 178 Å². The van der Waals surface area contributed by atoms with Crippen LogP contribution in [0.2, 0.25) is 0 Å². The molecule has 8 heteroatoms. The lowest BCUT2D eigenvalue weighted by molar-refractivity contribution is 0.220. The van der Waals surface area contributed by atoms with Gasteiger partial charge in [-0.05, 0) is 37.1 Å². The van der Waals surface area contributed by atoms with Crippen LogP contribution in [-0.4, -0.2) is 45.8 Å². The molecule has 0 aliphatic carbocycles. The number of aliphatic imine (C=N–C) groups is 1. The van der Waals surface area contributed by atoms with Crippen LogP contribution in [0.1, 0.15) is 36.2 Å². The molecule has 0 spiro atoms. The highest BCUT2D eigenvalue weighted by molar-refractivity contribution is 14.0. The standard InChI is InChI=1S/C19H29N7.HI/c1-20-19(22-13-18-23-15-24-25(18)2)21-12-16-8-4-5-9-17(16)14-26-10-6-3-7-11-26;/h4-5,8-9,15H,3,6-7,10-14H2,1-2H3,(H2,20,21,22);1H. The molecule has 0 bridgehead atoms. The lowest BCUT2D eigenvalue weighted by atomic mass is 10.0. The molecule has 1 fully saturated rings. The molecule has 148 valence electrons. The van der Waals surface area contributed by atoms with Gasteiger partial charge in [0.05, 0.1) is 6.54 Å². The average Bonchev–Trinajstić information content (AvgIpc) is 3.09. The van der Waals surface area contributed by atoms with Gasteiger partial charge in [-0.25, -0.2) is 4.98 Å². The van der Waals surface area contributed by atoms with Crippen molar-refractivity contribution in [3.8, 4) is 0 Å². The molecule has 0 atom stereocenters. The summed E-state index contributed by atoms with van der Waals surface area (Å²) in [5, 5.41) is 10.8. The van der Waals surface area contributed by atoms with Crippen molar-refractivity contribution in [1.82, 2.24) is 30.3 Å². The number of benzene rings is 1. The van der Waals surface area contributed by atoms with Crippen molar-refractivity contribution < 1.29 is 0 Å². The summed E-state index contributed by atoms with van der Waals surface area (Å²) >= 11 is 0. The highest BCUT2D eigenvalue weighted by Crippen LogP contribution is 2.16. The molecule has 1 aromatic heterocycles. The number of nitrogens with one attached hydrogen (secondary N) is 2. The van der Waals surface area contributed by atoms with Crippen LogP contribution in [0.4, 0.5) is 0 Å². The average molecular weight is 483 g/mol. The predicted molar refractivity (Wildman–Crippen MR) is 119 cm³/mol. The van der Waals surface area contributed by atoms with Crippen LogP contribution in [0.3, 0.4) is 0 Å². The van der Waals surface area contributed by atoms with E-state index in [4.69, 9.17) is 0 Å². The molecule has 0 radical (unpaired) electrons. The van der Waals surface area contributed by atoms with Crippen molar-refractivity contribution >= 4 is 29.9 Å². The van der Waals surface area contributed by atoms with E-state index < -0.39 is 0 Å². The number of halogens is 1. The normalized spacial score (nSPS) is 15.3. The van der Waals surface area contributed by atoms with Crippen molar-refractivity contribution in [1.29, 1.82) is 0 Å². The summed E-state index contributed by atoms with van der Waals surface area (Å²) in [7, 11) is 3.67. The zero-order chi connectivity index (χ0) is 18.2. The first-order chi connectivity index (χ1) is 12.8. The van der Waals surface area contributed by atoms with Crippen LogP contribution in [0.15, 0.2) is 35.6 Å². The first-order valence-electron chi connectivity index (χ1n) is 9.33. The maximum Gasteiger partial charge on any atom is 0.191 e. The van der Waals surface area contributed by atoms with Gasteiger partial charge < -0.3 is 10.6 Å². The van der Waals surface area contributed by atoms with Crippen LogP contribution in [0.5, 0.6) is 0 Å². The third-order valence-electron chi connectivity index (χ3n) is 4.85. The van der Waals surface area contributed by atoms with E-state index in [1.807, 2.05) is 7.05 Å². The number of piperidine rings is 1. The molecule has 0 amide bonds. The van der Waals surface area contributed by atoms with Crippen molar-refractivity contribution in [2.75, 3.05) is 20.1 Å². The lowest BCUT2D eigenvalue weighted by Crippen LogP contribution is -2.37. The van der Waals surface area contributed by atoms with E-state index in [0.717, 1.165) is 24.9 Å². The SMILES string of the molecule is CN=C(NCc1ccccc1CN1CCCCC1)NCc1ncnn1C.I. The molecule has 1 aliphatic heterocycles. The predicted octanol–water partition coefficient (Wildman–Crippen LogP) is 2.28. The summed E-state index contributed by atoms with van der Waals surface area (Å²) in [6.07, 6.45) is 5.56. The quantitative estimate of drug-likeness (QED) is 0.375. The molecule has 2 heterocycles. The first-order valence-corrected chi connectivity index (χ1v) is 9.33. The van der Waals surface area contributed by atoms with Crippen molar-refractivity contribution in [3.05, 3.63) is 47.5 Å². The maximum absolute atomic E-state index is 4.30. The molecule has 2 N–H and O–H groups in total. The second-order valence-corrected chi connectivity index (χ2v) is 6.68. The van der Waals surface area contributed by atoms with E-state index >= 15 is 0 Å². The molecule has 7 nitrogen and oxygen atoms in total. The molecule has 0 saturated carbocycles. The third-order valence-corrected chi connectivity index (χ3v) is 4.85. The monoisotopic (exact) mass is 483 g/mol. The second kappa shape index (κ2) is 11.2. The van der Waals surface area contributed by atoms with E-state index in [9.17, 15) is 0 Å². The van der Waals surface area contributed by atoms with Crippen LogP contribution >= 0.6 is 24.0 Å². The molecule has 2 aromatic rings. The topological polar surface area (TPSA) is 70.4 Å². The fourth-order valence-electron chi connectivity index (χ4n) is 3.29. The molecule has 1 aromatic carbocycles. The molecule has 0 unspecified atom stereocenters. The van der Waals surface area contributed by atoms with E-state index in [0.29, 0.717) is 6.54 Å². The largest absolute Gasteiger partial charge is 0.352 e. The van der Waals surface area contributed by atoms with Crippen molar-refractivity contribution in [2.24, 2.45) is 12.0 Å². The van der Waals surface area contributed by atoms with Crippen LogP contribution in [0, 0.1) is 0 Å². The zero-order valence-electron chi connectivity index (χ0n) is 16.2. The highest BCUT2D eigenvalue weighted by Gasteiger charge is 2.12. The number of rotatable bonds is 6. The number of guanidine groups is 1. The zero-order valence-corrected chi connectivity index (χ0v) is 18.5. The number of hydrogen-bond acceptors (Lipinski definition) is 4. The van der Waals surface area contributed by atoms with Gasteiger partial charge in [0.2, 0.25) is 0 Å². The summed E-state index contributed by atoms with van der Waals surface area (Å²) < 4.78 is 1.76. The van der Waals surface area contributed by atoms with E-state index in [1.165, 1.54) is 43.5 Å². The minimum atomic E-state index is 0. The Balaban J connectivity index is 0.00000261. The molecule has 27 heavy (non-hydrogen) atoms.